The molecular weight excluding hydrogens is 420 g/mol. The van der Waals surface area contributed by atoms with Crippen molar-refractivity contribution in [1.82, 2.24) is 14.8 Å². The number of carbonyl (C=O) groups excluding carboxylic acids is 1. The van der Waals surface area contributed by atoms with Crippen molar-refractivity contribution < 1.29 is 9.72 Å². The standard InChI is InChI=1S/C24H18N6O3/c31-22(18-12-7-13-19(14-18)30(32)33)26-23-27-24-25-20(16-8-3-1-4-9-16)15-21(29(24)28-23)17-10-5-2-6-11-17/h1-15,21H,(H2,25,26,27,28,31). The quantitative estimate of drug-likeness (QED) is 0.350. The molecule has 3 aromatic carbocycles. The Morgan fingerprint density at radius 3 is 2.45 bits per heavy atom. The molecule has 5 rings (SSSR count). The molecule has 162 valence electrons. The highest BCUT2D eigenvalue weighted by atomic mass is 16.6. The van der Waals surface area contributed by atoms with Crippen molar-refractivity contribution in [3.8, 4) is 0 Å². The third-order valence-electron chi connectivity index (χ3n) is 5.24. The molecule has 0 radical (unpaired) electrons. The van der Waals surface area contributed by atoms with Crippen LogP contribution in [0.3, 0.4) is 0 Å². The number of allylic oxidation sites excluding steroid dienone is 1. The minimum Gasteiger partial charge on any atom is -0.324 e. The summed E-state index contributed by atoms with van der Waals surface area (Å²) >= 11 is 0. The summed E-state index contributed by atoms with van der Waals surface area (Å²) in [6.07, 6.45) is 2.05. The van der Waals surface area contributed by atoms with E-state index in [2.05, 4.69) is 26.8 Å². The molecule has 1 amide bonds. The number of rotatable bonds is 5. The van der Waals surface area contributed by atoms with Gasteiger partial charge in [0.2, 0.25) is 5.95 Å². The fourth-order valence-corrected chi connectivity index (χ4v) is 3.65. The summed E-state index contributed by atoms with van der Waals surface area (Å²) in [6, 6.07) is 25.0. The highest BCUT2D eigenvalue weighted by Gasteiger charge is 2.26. The SMILES string of the molecule is O=C(Nc1nc2n(n1)C(c1ccccc1)C=C(c1ccccc1)N2)c1cccc([N+](=O)[O-])c1. The normalized spacial score (nSPS) is 14.5. The molecule has 0 saturated heterocycles. The summed E-state index contributed by atoms with van der Waals surface area (Å²) in [5.74, 6) is 0.0337. The predicted octanol–water partition coefficient (Wildman–Crippen LogP) is 4.49. The number of aromatic nitrogens is 3. The van der Waals surface area contributed by atoms with Crippen molar-refractivity contribution in [2.45, 2.75) is 6.04 Å². The van der Waals surface area contributed by atoms with E-state index in [4.69, 9.17) is 0 Å². The monoisotopic (exact) mass is 438 g/mol. The van der Waals surface area contributed by atoms with Gasteiger partial charge in [0.1, 0.15) is 6.04 Å². The van der Waals surface area contributed by atoms with E-state index in [0.29, 0.717) is 5.95 Å². The van der Waals surface area contributed by atoms with Crippen LogP contribution in [0, 0.1) is 10.1 Å². The lowest BCUT2D eigenvalue weighted by atomic mass is 10.0. The number of nitrogens with one attached hydrogen (secondary N) is 2. The van der Waals surface area contributed by atoms with E-state index < -0.39 is 10.8 Å². The minimum absolute atomic E-state index is 0.0950. The van der Waals surface area contributed by atoms with Gasteiger partial charge in [0, 0.05) is 23.4 Å². The van der Waals surface area contributed by atoms with E-state index in [1.807, 2.05) is 60.7 Å². The number of nitrogens with zero attached hydrogens (tertiary/aromatic N) is 4. The molecule has 1 atom stereocenters. The molecule has 0 spiro atoms. The molecule has 1 aliphatic heterocycles. The minimum atomic E-state index is -0.546. The third-order valence-corrected chi connectivity index (χ3v) is 5.24. The second-order valence-corrected chi connectivity index (χ2v) is 7.39. The van der Waals surface area contributed by atoms with E-state index in [0.717, 1.165) is 16.8 Å². The molecule has 1 aromatic heterocycles. The van der Waals surface area contributed by atoms with Gasteiger partial charge in [0.25, 0.3) is 17.5 Å². The summed E-state index contributed by atoms with van der Waals surface area (Å²) in [5, 5.41) is 21.4. The average Bonchev–Trinajstić information content (AvgIpc) is 3.27. The Kier molecular flexibility index (Phi) is 5.12. The number of fused-ring (bicyclic) bond motifs is 1. The van der Waals surface area contributed by atoms with Crippen LogP contribution in [-0.2, 0) is 0 Å². The van der Waals surface area contributed by atoms with Gasteiger partial charge in [-0.3, -0.25) is 20.2 Å². The first-order chi connectivity index (χ1) is 16.1. The van der Waals surface area contributed by atoms with Crippen molar-refractivity contribution in [3.05, 3.63) is 118 Å². The number of hydrogen-bond donors (Lipinski definition) is 2. The van der Waals surface area contributed by atoms with Crippen LogP contribution in [0.5, 0.6) is 0 Å². The second-order valence-electron chi connectivity index (χ2n) is 7.39. The van der Waals surface area contributed by atoms with Crippen LogP contribution in [0.2, 0.25) is 0 Å². The number of nitro benzene ring substituents is 1. The lowest BCUT2D eigenvalue weighted by Crippen LogP contribution is -2.20. The largest absolute Gasteiger partial charge is 0.324 e. The molecule has 2 N–H and O–H groups in total. The topological polar surface area (TPSA) is 115 Å². The number of benzene rings is 3. The molecule has 1 aliphatic rings. The third kappa shape index (κ3) is 4.07. The summed E-state index contributed by atoms with van der Waals surface area (Å²) in [4.78, 5) is 27.6. The molecule has 9 heteroatoms. The number of anilines is 2. The maximum absolute atomic E-state index is 12.7. The van der Waals surface area contributed by atoms with Gasteiger partial charge < -0.3 is 5.32 Å². The molecule has 0 fully saturated rings. The van der Waals surface area contributed by atoms with E-state index in [1.54, 1.807) is 4.68 Å². The van der Waals surface area contributed by atoms with Crippen molar-refractivity contribution in [1.29, 1.82) is 0 Å². The van der Waals surface area contributed by atoms with Crippen LogP contribution in [0.1, 0.15) is 27.5 Å². The Morgan fingerprint density at radius 2 is 1.73 bits per heavy atom. The molecule has 4 aromatic rings. The Morgan fingerprint density at radius 1 is 1.00 bits per heavy atom. The summed E-state index contributed by atoms with van der Waals surface area (Å²) in [6.45, 7) is 0. The first-order valence-electron chi connectivity index (χ1n) is 10.2. The van der Waals surface area contributed by atoms with Gasteiger partial charge in [0.05, 0.1) is 4.92 Å². The van der Waals surface area contributed by atoms with Gasteiger partial charge >= 0.3 is 0 Å². The molecule has 2 heterocycles. The zero-order chi connectivity index (χ0) is 22.8. The molecule has 0 aliphatic carbocycles. The first-order valence-corrected chi connectivity index (χ1v) is 10.2. The van der Waals surface area contributed by atoms with Crippen molar-refractivity contribution in [2.75, 3.05) is 10.6 Å². The van der Waals surface area contributed by atoms with Crippen LogP contribution in [0.4, 0.5) is 17.6 Å². The van der Waals surface area contributed by atoms with Crippen LogP contribution in [0.25, 0.3) is 5.70 Å². The van der Waals surface area contributed by atoms with Crippen LogP contribution in [0.15, 0.2) is 91.0 Å². The fourth-order valence-electron chi connectivity index (χ4n) is 3.65. The summed E-state index contributed by atoms with van der Waals surface area (Å²) in [5.41, 5.74) is 2.86. The highest BCUT2D eigenvalue weighted by Crippen LogP contribution is 2.33. The van der Waals surface area contributed by atoms with E-state index in [1.165, 1.54) is 24.3 Å². The maximum Gasteiger partial charge on any atom is 0.270 e. The summed E-state index contributed by atoms with van der Waals surface area (Å²) < 4.78 is 1.70. The van der Waals surface area contributed by atoms with Gasteiger partial charge in [-0.1, -0.05) is 66.7 Å². The zero-order valence-electron chi connectivity index (χ0n) is 17.3. The Bertz CT molecular complexity index is 1370. The Labute approximate surface area is 188 Å². The van der Waals surface area contributed by atoms with Crippen LogP contribution < -0.4 is 10.6 Å². The van der Waals surface area contributed by atoms with Gasteiger partial charge in [-0.05, 0) is 23.3 Å². The van der Waals surface area contributed by atoms with Gasteiger partial charge in [-0.2, -0.15) is 4.98 Å². The predicted molar refractivity (Wildman–Crippen MR) is 124 cm³/mol. The highest BCUT2D eigenvalue weighted by molar-refractivity contribution is 6.03. The number of amides is 1. The second kappa shape index (κ2) is 8.39. The first kappa shape index (κ1) is 20.1. The molecular formula is C24H18N6O3. The molecule has 0 saturated carbocycles. The average molecular weight is 438 g/mol. The number of carbonyl (C=O) groups is 1. The van der Waals surface area contributed by atoms with Crippen LogP contribution in [-0.4, -0.2) is 25.6 Å². The number of nitro groups is 1. The van der Waals surface area contributed by atoms with E-state index >= 15 is 0 Å². The van der Waals surface area contributed by atoms with Crippen molar-refractivity contribution >= 4 is 29.2 Å². The Balaban J connectivity index is 1.48. The molecule has 0 bridgehead atoms. The fraction of sp³-hybridized carbons (Fsp3) is 0.0417. The zero-order valence-corrected chi connectivity index (χ0v) is 17.3. The lowest BCUT2D eigenvalue weighted by molar-refractivity contribution is -0.384. The van der Waals surface area contributed by atoms with E-state index in [-0.39, 0.29) is 23.2 Å². The van der Waals surface area contributed by atoms with E-state index in [9.17, 15) is 14.9 Å². The summed E-state index contributed by atoms with van der Waals surface area (Å²) in [7, 11) is 0. The molecule has 1 unspecified atom stereocenters. The lowest BCUT2D eigenvalue weighted by Gasteiger charge is -2.24. The molecule has 9 nitrogen and oxygen atoms in total. The molecule has 33 heavy (non-hydrogen) atoms. The maximum atomic E-state index is 12.7. The van der Waals surface area contributed by atoms with Gasteiger partial charge in [-0.25, -0.2) is 4.68 Å². The smallest absolute Gasteiger partial charge is 0.270 e. The van der Waals surface area contributed by atoms with Crippen LogP contribution >= 0.6 is 0 Å². The van der Waals surface area contributed by atoms with Crippen molar-refractivity contribution in [2.24, 2.45) is 0 Å². The van der Waals surface area contributed by atoms with Gasteiger partial charge in [-0.15, -0.1) is 5.10 Å². The Hall–Kier alpha value is -4.79. The van der Waals surface area contributed by atoms with Crippen molar-refractivity contribution in [3.63, 3.8) is 0 Å². The number of non-ortho nitro benzene ring substituents is 1. The number of hydrogen-bond acceptors (Lipinski definition) is 6. The van der Waals surface area contributed by atoms with Gasteiger partial charge in [0.15, 0.2) is 0 Å².